The van der Waals surface area contributed by atoms with Crippen LogP contribution in [0.2, 0.25) is 0 Å². The summed E-state index contributed by atoms with van der Waals surface area (Å²) in [6.45, 7) is 3.69. The van der Waals surface area contributed by atoms with Crippen LogP contribution >= 0.6 is 28.3 Å². The lowest BCUT2D eigenvalue weighted by molar-refractivity contribution is 0.171. The van der Waals surface area contributed by atoms with Gasteiger partial charge >= 0.3 is 0 Å². The zero-order valence-corrected chi connectivity index (χ0v) is 12.6. The molecule has 1 unspecified atom stereocenters. The maximum Gasteiger partial charge on any atom is 0.124 e. The average molecular weight is 338 g/mol. The summed E-state index contributed by atoms with van der Waals surface area (Å²) < 4.78 is 14.1. The molecule has 1 aliphatic rings. The van der Waals surface area contributed by atoms with Gasteiger partial charge in [-0.05, 0) is 55.6 Å². The van der Waals surface area contributed by atoms with E-state index in [0.29, 0.717) is 5.92 Å². The fraction of sp³-hybridized carbons (Fsp3) is 0.538. The van der Waals surface area contributed by atoms with E-state index in [1.54, 1.807) is 6.07 Å². The Morgan fingerprint density at radius 3 is 2.83 bits per heavy atom. The van der Waals surface area contributed by atoms with E-state index >= 15 is 0 Å². The SMILES string of the molecule is Cl.NCC1CCCN(Cc2cc(F)cc(Br)c2)C1. The van der Waals surface area contributed by atoms with E-state index in [1.165, 1.54) is 18.9 Å². The predicted molar refractivity (Wildman–Crippen MR) is 78.4 cm³/mol. The number of benzene rings is 1. The van der Waals surface area contributed by atoms with Crippen molar-refractivity contribution in [2.75, 3.05) is 19.6 Å². The van der Waals surface area contributed by atoms with Crippen molar-refractivity contribution in [2.24, 2.45) is 11.7 Å². The third-order valence-corrected chi connectivity index (χ3v) is 3.72. The van der Waals surface area contributed by atoms with Gasteiger partial charge in [-0.25, -0.2) is 4.39 Å². The number of nitrogens with zero attached hydrogens (tertiary/aromatic N) is 1. The zero-order chi connectivity index (χ0) is 12.3. The van der Waals surface area contributed by atoms with Crippen molar-refractivity contribution in [1.29, 1.82) is 0 Å². The Labute approximate surface area is 122 Å². The molecule has 2 rings (SSSR count). The van der Waals surface area contributed by atoms with Crippen LogP contribution in [-0.2, 0) is 6.54 Å². The van der Waals surface area contributed by atoms with Crippen LogP contribution in [0, 0.1) is 11.7 Å². The Morgan fingerprint density at radius 1 is 1.39 bits per heavy atom. The Hall–Kier alpha value is -0.160. The van der Waals surface area contributed by atoms with Crippen molar-refractivity contribution in [3.8, 4) is 0 Å². The summed E-state index contributed by atoms with van der Waals surface area (Å²) >= 11 is 3.32. The Balaban J connectivity index is 0.00000162. The second-order valence-electron chi connectivity index (χ2n) is 4.76. The average Bonchev–Trinajstić information content (AvgIpc) is 2.28. The number of piperidine rings is 1. The molecular formula is C13H19BrClFN2. The highest BCUT2D eigenvalue weighted by molar-refractivity contribution is 9.10. The number of halogens is 3. The number of nitrogens with two attached hydrogens (primary N) is 1. The predicted octanol–water partition coefficient (Wildman–Crippen LogP) is 3.18. The second-order valence-corrected chi connectivity index (χ2v) is 5.67. The fourth-order valence-corrected chi connectivity index (χ4v) is 2.96. The van der Waals surface area contributed by atoms with Gasteiger partial charge in [-0.1, -0.05) is 15.9 Å². The largest absolute Gasteiger partial charge is 0.330 e. The molecule has 0 bridgehead atoms. The molecule has 0 radical (unpaired) electrons. The van der Waals surface area contributed by atoms with Crippen LogP contribution in [0.1, 0.15) is 18.4 Å². The lowest BCUT2D eigenvalue weighted by atomic mass is 9.98. The Morgan fingerprint density at radius 2 is 2.17 bits per heavy atom. The number of likely N-dealkylation sites (tertiary alicyclic amines) is 1. The first-order chi connectivity index (χ1) is 8.17. The summed E-state index contributed by atoms with van der Waals surface area (Å²) in [6.07, 6.45) is 2.41. The minimum atomic E-state index is -0.179. The summed E-state index contributed by atoms with van der Waals surface area (Å²) in [5, 5.41) is 0. The van der Waals surface area contributed by atoms with Crippen LogP contribution in [-0.4, -0.2) is 24.5 Å². The molecule has 1 aromatic rings. The summed E-state index contributed by atoms with van der Waals surface area (Å²) in [6, 6.07) is 5.08. The maximum atomic E-state index is 13.3. The van der Waals surface area contributed by atoms with Gasteiger partial charge < -0.3 is 5.73 Å². The van der Waals surface area contributed by atoms with Gasteiger partial charge in [-0.3, -0.25) is 4.90 Å². The molecule has 1 aliphatic heterocycles. The van der Waals surface area contributed by atoms with Gasteiger partial charge in [0.05, 0.1) is 0 Å². The molecule has 0 spiro atoms. The van der Waals surface area contributed by atoms with Gasteiger partial charge in [0.2, 0.25) is 0 Å². The minimum Gasteiger partial charge on any atom is -0.330 e. The Kier molecular flexibility index (Phi) is 6.57. The monoisotopic (exact) mass is 336 g/mol. The van der Waals surface area contributed by atoms with Gasteiger partial charge in [0.1, 0.15) is 5.82 Å². The summed E-state index contributed by atoms with van der Waals surface area (Å²) in [5.74, 6) is 0.419. The van der Waals surface area contributed by atoms with Crippen LogP contribution in [0.5, 0.6) is 0 Å². The first-order valence-corrected chi connectivity index (χ1v) is 6.84. The van der Waals surface area contributed by atoms with Crippen molar-refractivity contribution in [3.63, 3.8) is 0 Å². The van der Waals surface area contributed by atoms with E-state index in [-0.39, 0.29) is 18.2 Å². The quantitative estimate of drug-likeness (QED) is 0.918. The lowest BCUT2D eigenvalue weighted by Gasteiger charge is -2.32. The van der Waals surface area contributed by atoms with Gasteiger partial charge in [0, 0.05) is 17.6 Å². The van der Waals surface area contributed by atoms with Crippen LogP contribution < -0.4 is 5.73 Å². The first-order valence-electron chi connectivity index (χ1n) is 6.05. The summed E-state index contributed by atoms with van der Waals surface area (Å²) in [7, 11) is 0. The molecule has 1 heterocycles. The molecule has 5 heteroatoms. The molecule has 2 nitrogen and oxygen atoms in total. The van der Waals surface area contributed by atoms with Crippen LogP contribution in [0.3, 0.4) is 0 Å². The van der Waals surface area contributed by atoms with E-state index < -0.39 is 0 Å². The molecule has 1 atom stereocenters. The second kappa shape index (κ2) is 7.43. The third kappa shape index (κ3) is 4.50. The molecule has 0 amide bonds. The normalized spacial score (nSPS) is 20.5. The van der Waals surface area contributed by atoms with Gasteiger partial charge in [-0.2, -0.15) is 0 Å². The highest BCUT2D eigenvalue weighted by Gasteiger charge is 2.18. The minimum absolute atomic E-state index is 0. The molecule has 1 saturated heterocycles. The van der Waals surface area contributed by atoms with E-state index in [4.69, 9.17) is 5.73 Å². The standard InChI is InChI=1S/C13H18BrFN2.ClH/c14-12-4-11(5-13(15)6-12)9-17-3-1-2-10(7-16)8-17;/h4-6,10H,1-3,7-9,16H2;1H. The third-order valence-electron chi connectivity index (χ3n) is 3.26. The van der Waals surface area contributed by atoms with Crippen LogP contribution in [0.25, 0.3) is 0 Å². The van der Waals surface area contributed by atoms with E-state index in [0.717, 1.165) is 36.2 Å². The number of rotatable bonds is 3. The molecule has 2 N–H and O–H groups in total. The molecule has 0 aromatic heterocycles. The molecule has 1 aromatic carbocycles. The van der Waals surface area contributed by atoms with E-state index in [9.17, 15) is 4.39 Å². The highest BCUT2D eigenvalue weighted by Crippen LogP contribution is 2.20. The molecular weight excluding hydrogens is 319 g/mol. The fourth-order valence-electron chi connectivity index (χ4n) is 2.45. The van der Waals surface area contributed by atoms with Crippen molar-refractivity contribution < 1.29 is 4.39 Å². The molecule has 0 saturated carbocycles. The topological polar surface area (TPSA) is 29.3 Å². The smallest absolute Gasteiger partial charge is 0.124 e. The Bertz CT molecular complexity index is 369. The highest BCUT2D eigenvalue weighted by atomic mass is 79.9. The molecule has 1 fully saturated rings. The molecule has 0 aliphatic carbocycles. The zero-order valence-electron chi connectivity index (χ0n) is 10.2. The van der Waals surface area contributed by atoms with Gasteiger partial charge in [0.25, 0.3) is 0 Å². The van der Waals surface area contributed by atoms with Gasteiger partial charge in [0.15, 0.2) is 0 Å². The lowest BCUT2D eigenvalue weighted by Crippen LogP contribution is -2.37. The van der Waals surface area contributed by atoms with Crippen LogP contribution in [0.4, 0.5) is 4.39 Å². The van der Waals surface area contributed by atoms with Crippen LogP contribution in [0.15, 0.2) is 22.7 Å². The number of hydrogen-bond acceptors (Lipinski definition) is 2. The van der Waals surface area contributed by atoms with Crippen molar-refractivity contribution in [1.82, 2.24) is 4.90 Å². The number of hydrogen-bond donors (Lipinski definition) is 1. The van der Waals surface area contributed by atoms with Crippen molar-refractivity contribution in [2.45, 2.75) is 19.4 Å². The van der Waals surface area contributed by atoms with E-state index in [2.05, 4.69) is 20.8 Å². The molecule has 102 valence electrons. The van der Waals surface area contributed by atoms with E-state index in [1.807, 2.05) is 6.07 Å². The summed E-state index contributed by atoms with van der Waals surface area (Å²) in [4.78, 5) is 2.36. The summed E-state index contributed by atoms with van der Waals surface area (Å²) in [5.41, 5.74) is 6.74. The maximum absolute atomic E-state index is 13.3. The van der Waals surface area contributed by atoms with Gasteiger partial charge in [-0.15, -0.1) is 12.4 Å². The van der Waals surface area contributed by atoms with Crippen molar-refractivity contribution in [3.05, 3.63) is 34.1 Å². The first kappa shape index (κ1) is 15.9. The molecule has 18 heavy (non-hydrogen) atoms. The van der Waals surface area contributed by atoms with Crippen molar-refractivity contribution >= 4 is 28.3 Å².